The fraction of sp³-hybridized carbons (Fsp3) is 0.300. The number of sulfonamides is 1. The third kappa shape index (κ3) is 4.26. The van der Waals surface area contributed by atoms with E-state index in [9.17, 15) is 8.42 Å². The Morgan fingerprint density at radius 2 is 1.63 bits per heavy atom. The van der Waals surface area contributed by atoms with Crippen molar-refractivity contribution in [3.63, 3.8) is 0 Å². The summed E-state index contributed by atoms with van der Waals surface area (Å²) >= 11 is 0. The molecule has 1 aromatic heterocycles. The van der Waals surface area contributed by atoms with Crippen LogP contribution < -0.4 is 0 Å². The Hall–Kier alpha value is -2.51. The summed E-state index contributed by atoms with van der Waals surface area (Å²) in [6.45, 7) is 7.44. The number of rotatable bonds is 5. The van der Waals surface area contributed by atoms with Gasteiger partial charge >= 0.3 is 0 Å². The van der Waals surface area contributed by atoms with Gasteiger partial charge in [-0.05, 0) is 39.8 Å². The molecule has 0 aliphatic rings. The quantitative estimate of drug-likeness (QED) is 0.663. The van der Waals surface area contributed by atoms with E-state index in [2.05, 4.69) is 10.1 Å². The lowest BCUT2D eigenvalue weighted by molar-refractivity contribution is 0.214. The van der Waals surface area contributed by atoms with E-state index < -0.39 is 15.6 Å². The van der Waals surface area contributed by atoms with Gasteiger partial charge in [0.25, 0.3) is 0 Å². The maximum Gasteiger partial charge on any atom is 0.244 e. The summed E-state index contributed by atoms with van der Waals surface area (Å²) in [5, 5.41) is 3.98. The number of benzene rings is 2. The first-order chi connectivity index (χ1) is 12.7. The van der Waals surface area contributed by atoms with Gasteiger partial charge in [0.2, 0.25) is 21.7 Å². The molecule has 0 atom stereocenters. The smallest absolute Gasteiger partial charge is 0.244 e. The van der Waals surface area contributed by atoms with Crippen molar-refractivity contribution in [3.8, 4) is 11.4 Å². The molecule has 142 valence electrons. The average Bonchev–Trinajstić information content (AvgIpc) is 3.08. The maximum atomic E-state index is 13.2. The van der Waals surface area contributed by atoms with Crippen LogP contribution in [0.2, 0.25) is 0 Å². The number of nitrogens with zero attached hydrogens (tertiary/aromatic N) is 3. The van der Waals surface area contributed by atoms with Gasteiger partial charge in [-0.15, -0.1) is 0 Å². The third-order valence-electron chi connectivity index (χ3n) is 4.14. The Balaban J connectivity index is 1.93. The molecule has 0 aliphatic heterocycles. The van der Waals surface area contributed by atoms with Crippen molar-refractivity contribution in [2.75, 3.05) is 0 Å². The first-order valence-electron chi connectivity index (χ1n) is 8.65. The molecular weight excluding hydrogens is 362 g/mol. The van der Waals surface area contributed by atoms with E-state index in [4.69, 9.17) is 4.52 Å². The molecule has 7 heteroatoms. The molecule has 1 heterocycles. The fourth-order valence-electron chi connectivity index (χ4n) is 2.67. The first kappa shape index (κ1) is 19.3. The highest BCUT2D eigenvalue weighted by Crippen LogP contribution is 2.27. The summed E-state index contributed by atoms with van der Waals surface area (Å²) in [6, 6.07) is 16.2. The van der Waals surface area contributed by atoms with Crippen LogP contribution in [0.5, 0.6) is 0 Å². The molecule has 0 bridgehead atoms. The van der Waals surface area contributed by atoms with Crippen molar-refractivity contribution in [3.05, 3.63) is 66.1 Å². The van der Waals surface area contributed by atoms with Crippen LogP contribution in [0.3, 0.4) is 0 Å². The number of aromatic nitrogens is 2. The van der Waals surface area contributed by atoms with E-state index in [1.807, 2.05) is 58.0 Å². The molecule has 2 aromatic carbocycles. The SMILES string of the molecule is Cc1ccc(S(=O)(=O)N(Cc2nc(-c3ccccc3)no2)C(C)(C)C)cc1. The lowest BCUT2D eigenvalue weighted by Crippen LogP contribution is -2.45. The lowest BCUT2D eigenvalue weighted by Gasteiger charge is -2.33. The van der Waals surface area contributed by atoms with Crippen molar-refractivity contribution in [1.29, 1.82) is 0 Å². The van der Waals surface area contributed by atoms with Crippen LogP contribution in [-0.4, -0.2) is 28.4 Å². The maximum absolute atomic E-state index is 13.2. The van der Waals surface area contributed by atoms with Crippen molar-refractivity contribution < 1.29 is 12.9 Å². The standard InChI is InChI=1S/C20H23N3O3S/c1-15-10-12-17(13-11-15)27(24,25)23(20(2,3)4)14-18-21-19(22-26-18)16-8-6-5-7-9-16/h5-13H,14H2,1-4H3. The summed E-state index contributed by atoms with van der Waals surface area (Å²) in [7, 11) is -3.72. The Morgan fingerprint density at radius 3 is 2.22 bits per heavy atom. The Labute approximate surface area is 159 Å². The molecule has 0 aliphatic carbocycles. The molecule has 3 rings (SSSR count). The molecule has 0 unspecified atom stereocenters. The van der Waals surface area contributed by atoms with Gasteiger partial charge < -0.3 is 4.52 Å². The van der Waals surface area contributed by atoms with Crippen LogP contribution in [0.1, 0.15) is 32.2 Å². The average molecular weight is 385 g/mol. The van der Waals surface area contributed by atoms with Crippen molar-refractivity contribution in [2.24, 2.45) is 0 Å². The minimum absolute atomic E-state index is 0.000453. The van der Waals surface area contributed by atoms with E-state index >= 15 is 0 Å². The van der Waals surface area contributed by atoms with Gasteiger partial charge in [-0.3, -0.25) is 0 Å². The molecule has 6 nitrogen and oxygen atoms in total. The molecular formula is C20H23N3O3S. The molecule has 0 radical (unpaired) electrons. The van der Waals surface area contributed by atoms with Gasteiger partial charge in [0.15, 0.2) is 0 Å². The molecule has 0 saturated carbocycles. The molecule has 0 fully saturated rings. The minimum Gasteiger partial charge on any atom is -0.338 e. The van der Waals surface area contributed by atoms with Crippen LogP contribution in [0.4, 0.5) is 0 Å². The number of hydrogen-bond acceptors (Lipinski definition) is 5. The monoisotopic (exact) mass is 385 g/mol. The molecule has 0 saturated heterocycles. The zero-order chi connectivity index (χ0) is 19.7. The van der Waals surface area contributed by atoms with Crippen molar-refractivity contribution in [1.82, 2.24) is 14.4 Å². The zero-order valence-corrected chi connectivity index (χ0v) is 16.7. The highest BCUT2D eigenvalue weighted by molar-refractivity contribution is 7.89. The molecule has 27 heavy (non-hydrogen) atoms. The van der Waals surface area contributed by atoms with Crippen LogP contribution in [0.15, 0.2) is 64.0 Å². The largest absolute Gasteiger partial charge is 0.338 e. The highest BCUT2D eigenvalue weighted by Gasteiger charge is 2.35. The van der Waals surface area contributed by atoms with Gasteiger partial charge in [0, 0.05) is 11.1 Å². The predicted molar refractivity (Wildman–Crippen MR) is 103 cm³/mol. The topological polar surface area (TPSA) is 76.3 Å². The van der Waals surface area contributed by atoms with Crippen molar-refractivity contribution in [2.45, 2.75) is 44.7 Å². The molecule has 0 amide bonds. The lowest BCUT2D eigenvalue weighted by atomic mass is 10.1. The van der Waals surface area contributed by atoms with E-state index in [0.717, 1.165) is 11.1 Å². The molecule has 0 N–H and O–H groups in total. The number of aryl methyl sites for hydroxylation is 1. The normalized spacial score (nSPS) is 12.5. The minimum atomic E-state index is -3.72. The van der Waals surface area contributed by atoms with Crippen LogP contribution in [-0.2, 0) is 16.6 Å². The van der Waals surface area contributed by atoms with E-state index in [0.29, 0.717) is 5.82 Å². The number of hydrogen-bond donors (Lipinski definition) is 0. The second-order valence-electron chi connectivity index (χ2n) is 7.37. The fourth-order valence-corrected chi connectivity index (χ4v) is 4.40. The Bertz CT molecular complexity index is 1000. The predicted octanol–water partition coefficient (Wildman–Crippen LogP) is 4.03. The van der Waals surface area contributed by atoms with Gasteiger partial charge in [0.05, 0.1) is 11.4 Å². The summed E-state index contributed by atoms with van der Waals surface area (Å²) in [6.07, 6.45) is 0. The molecule has 0 spiro atoms. The first-order valence-corrected chi connectivity index (χ1v) is 10.1. The van der Waals surface area contributed by atoms with E-state index in [-0.39, 0.29) is 17.3 Å². The van der Waals surface area contributed by atoms with E-state index in [1.54, 1.807) is 24.3 Å². The summed E-state index contributed by atoms with van der Waals surface area (Å²) in [5.74, 6) is 0.687. The molecule has 3 aromatic rings. The summed E-state index contributed by atoms with van der Waals surface area (Å²) in [4.78, 5) is 4.61. The van der Waals surface area contributed by atoms with Crippen LogP contribution in [0.25, 0.3) is 11.4 Å². The van der Waals surface area contributed by atoms with Crippen molar-refractivity contribution >= 4 is 10.0 Å². The van der Waals surface area contributed by atoms with E-state index in [1.165, 1.54) is 4.31 Å². The second kappa shape index (κ2) is 7.25. The van der Waals surface area contributed by atoms with Crippen LogP contribution in [0, 0.1) is 6.92 Å². The second-order valence-corrected chi connectivity index (χ2v) is 9.24. The van der Waals surface area contributed by atoms with Gasteiger partial charge in [0.1, 0.15) is 0 Å². The van der Waals surface area contributed by atoms with Crippen LogP contribution >= 0.6 is 0 Å². The van der Waals surface area contributed by atoms with Gasteiger partial charge in [-0.2, -0.15) is 9.29 Å². The third-order valence-corrected chi connectivity index (χ3v) is 6.26. The summed E-state index contributed by atoms with van der Waals surface area (Å²) in [5.41, 5.74) is 1.15. The van der Waals surface area contributed by atoms with Gasteiger partial charge in [-0.25, -0.2) is 8.42 Å². The highest BCUT2D eigenvalue weighted by atomic mass is 32.2. The zero-order valence-electron chi connectivity index (χ0n) is 15.9. The Morgan fingerprint density at radius 1 is 1.00 bits per heavy atom. The van der Waals surface area contributed by atoms with Gasteiger partial charge in [-0.1, -0.05) is 53.2 Å². The Kier molecular flexibility index (Phi) is 5.17. The summed E-state index contributed by atoms with van der Waals surface area (Å²) < 4.78 is 33.1.